The summed E-state index contributed by atoms with van der Waals surface area (Å²) in [6.45, 7) is 2.81. The first-order valence-electron chi connectivity index (χ1n) is 7.26. The number of aliphatic hydroxyl groups is 2. The van der Waals surface area contributed by atoms with Gasteiger partial charge >= 0.3 is 0 Å². The SMILES string of the molecule is N#Cc1cccc(CN2CCn3nc(C(O)CO)cc3C2)c1. The van der Waals surface area contributed by atoms with Gasteiger partial charge in [-0.3, -0.25) is 9.58 Å². The zero-order valence-electron chi connectivity index (χ0n) is 12.2. The van der Waals surface area contributed by atoms with Crippen molar-refractivity contribution in [3.63, 3.8) is 0 Å². The van der Waals surface area contributed by atoms with E-state index >= 15 is 0 Å². The van der Waals surface area contributed by atoms with Crippen LogP contribution in [0, 0.1) is 11.3 Å². The van der Waals surface area contributed by atoms with Gasteiger partial charge in [0, 0.05) is 19.6 Å². The minimum absolute atomic E-state index is 0.318. The fourth-order valence-electron chi connectivity index (χ4n) is 2.73. The standard InChI is InChI=1S/C16H18N4O2/c17-8-12-2-1-3-13(6-12)9-19-4-5-20-14(10-19)7-15(18-20)16(22)11-21/h1-3,6-7,16,21-22H,4-5,9-11H2. The van der Waals surface area contributed by atoms with E-state index in [1.807, 2.05) is 28.9 Å². The Bertz CT molecular complexity index is 704. The summed E-state index contributed by atoms with van der Waals surface area (Å²) in [4.78, 5) is 2.28. The molecule has 0 amide bonds. The number of hydrogen-bond donors (Lipinski definition) is 2. The maximum Gasteiger partial charge on any atom is 0.121 e. The molecular weight excluding hydrogens is 280 g/mol. The number of aliphatic hydroxyl groups excluding tert-OH is 2. The lowest BCUT2D eigenvalue weighted by Crippen LogP contribution is -2.33. The van der Waals surface area contributed by atoms with Gasteiger partial charge in [0.2, 0.25) is 0 Å². The van der Waals surface area contributed by atoms with Crippen LogP contribution in [-0.2, 0) is 19.6 Å². The van der Waals surface area contributed by atoms with Crippen molar-refractivity contribution in [1.29, 1.82) is 5.26 Å². The molecule has 22 heavy (non-hydrogen) atoms. The summed E-state index contributed by atoms with van der Waals surface area (Å²) >= 11 is 0. The zero-order chi connectivity index (χ0) is 15.5. The molecule has 1 aliphatic rings. The Balaban J connectivity index is 1.71. The minimum atomic E-state index is -0.918. The predicted molar refractivity (Wildman–Crippen MR) is 79.5 cm³/mol. The van der Waals surface area contributed by atoms with Crippen molar-refractivity contribution < 1.29 is 10.2 Å². The number of nitrogens with zero attached hydrogens (tertiary/aromatic N) is 4. The summed E-state index contributed by atoms with van der Waals surface area (Å²) in [6, 6.07) is 11.6. The van der Waals surface area contributed by atoms with E-state index in [1.54, 1.807) is 6.07 Å². The van der Waals surface area contributed by atoms with Gasteiger partial charge in [0.1, 0.15) is 6.10 Å². The molecule has 3 rings (SSSR count). The normalized spacial score (nSPS) is 16.0. The number of rotatable bonds is 4. The molecule has 0 saturated heterocycles. The third-order valence-corrected chi connectivity index (χ3v) is 3.87. The van der Waals surface area contributed by atoms with Gasteiger partial charge in [-0.15, -0.1) is 0 Å². The molecule has 0 radical (unpaired) electrons. The molecule has 0 fully saturated rings. The minimum Gasteiger partial charge on any atom is -0.393 e. The summed E-state index contributed by atoms with van der Waals surface area (Å²) in [6.07, 6.45) is -0.918. The van der Waals surface area contributed by atoms with Crippen LogP contribution in [-0.4, -0.2) is 38.0 Å². The monoisotopic (exact) mass is 298 g/mol. The predicted octanol–water partition coefficient (Wildman–Crippen LogP) is 0.796. The molecule has 0 aliphatic carbocycles. The summed E-state index contributed by atoms with van der Waals surface area (Å²) in [7, 11) is 0. The molecule has 1 aliphatic heterocycles. The van der Waals surface area contributed by atoms with E-state index in [-0.39, 0.29) is 6.61 Å². The second-order valence-corrected chi connectivity index (χ2v) is 5.50. The van der Waals surface area contributed by atoms with E-state index in [4.69, 9.17) is 10.4 Å². The van der Waals surface area contributed by atoms with Crippen LogP contribution in [0.4, 0.5) is 0 Å². The van der Waals surface area contributed by atoms with Crippen LogP contribution >= 0.6 is 0 Å². The van der Waals surface area contributed by atoms with Crippen LogP contribution < -0.4 is 0 Å². The van der Waals surface area contributed by atoms with E-state index < -0.39 is 6.10 Å². The van der Waals surface area contributed by atoms with Crippen molar-refractivity contribution in [3.05, 3.63) is 52.8 Å². The van der Waals surface area contributed by atoms with Crippen LogP contribution in [0.1, 0.15) is 28.6 Å². The second-order valence-electron chi connectivity index (χ2n) is 5.50. The van der Waals surface area contributed by atoms with Gasteiger partial charge in [0.15, 0.2) is 0 Å². The Morgan fingerprint density at radius 1 is 1.32 bits per heavy atom. The lowest BCUT2D eigenvalue weighted by Gasteiger charge is -2.27. The van der Waals surface area contributed by atoms with Crippen LogP contribution in [0.3, 0.4) is 0 Å². The largest absolute Gasteiger partial charge is 0.393 e. The van der Waals surface area contributed by atoms with Crippen LogP contribution in [0.5, 0.6) is 0 Å². The number of aromatic nitrogens is 2. The van der Waals surface area contributed by atoms with Gasteiger partial charge in [0.25, 0.3) is 0 Å². The van der Waals surface area contributed by atoms with E-state index in [1.165, 1.54) is 0 Å². The Labute approximate surface area is 128 Å². The van der Waals surface area contributed by atoms with E-state index in [0.717, 1.165) is 37.4 Å². The molecule has 1 unspecified atom stereocenters. The van der Waals surface area contributed by atoms with Crippen molar-refractivity contribution in [3.8, 4) is 6.07 Å². The molecule has 0 spiro atoms. The van der Waals surface area contributed by atoms with Gasteiger partial charge in [-0.25, -0.2) is 0 Å². The van der Waals surface area contributed by atoms with Gasteiger partial charge in [-0.1, -0.05) is 12.1 Å². The quantitative estimate of drug-likeness (QED) is 0.872. The molecule has 114 valence electrons. The first kappa shape index (κ1) is 14.7. The molecule has 6 heteroatoms. The highest BCUT2D eigenvalue weighted by atomic mass is 16.3. The summed E-state index contributed by atoms with van der Waals surface area (Å²) in [5.41, 5.74) is 3.34. The number of benzene rings is 1. The van der Waals surface area contributed by atoms with Crippen molar-refractivity contribution in [2.24, 2.45) is 0 Å². The van der Waals surface area contributed by atoms with Gasteiger partial charge in [-0.05, 0) is 23.8 Å². The number of fused-ring (bicyclic) bond motifs is 1. The van der Waals surface area contributed by atoms with E-state index in [2.05, 4.69) is 16.1 Å². The Morgan fingerprint density at radius 3 is 2.95 bits per heavy atom. The van der Waals surface area contributed by atoms with Gasteiger partial charge in [0.05, 0.1) is 36.2 Å². The number of hydrogen-bond acceptors (Lipinski definition) is 5. The summed E-state index contributed by atoms with van der Waals surface area (Å²) in [5.74, 6) is 0. The van der Waals surface area contributed by atoms with E-state index in [0.29, 0.717) is 11.3 Å². The van der Waals surface area contributed by atoms with Crippen molar-refractivity contribution >= 4 is 0 Å². The fraction of sp³-hybridized carbons (Fsp3) is 0.375. The molecule has 2 N–H and O–H groups in total. The highest BCUT2D eigenvalue weighted by Gasteiger charge is 2.20. The fourth-order valence-corrected chi connectivity index (χ4v) is 2.73. The first-order valence-corrected chi connectivity index (χ1v) is 7.26. The van der Waals surface area contributed by atoms with Crippen molar-refractivity contribution in [2.45, 2.75) is 25.7 Å². The van der Waals surface area contributed by atoms with Crippen LogP contribution in [0.2, 0.25) is 0 Å². The number of nitriles is 1. The molecule has 1 aromatic carbocycles. The molecule has 2 heterocycles. The molecule has 0 saturated carbocycles. The third kappa shape index (κ3) is 3.02. The lowest BCUT2D eigenvalue weighted by molar-refractivity contribution is 0.0915. The van der Waals surface area contributed by atoms with Crippen LogP contribution in [0.15, 0.2) is 30.3 Å². The molecular formula is C16H18N4O2. The third-order valence-electron chi connectivity index (χ3n) is 3.87. The maximum atomic E-state index is 9.67. The van der Waals surface area contributed by atoms with Crippen molar-refractivity contribution in [1.82, 2.24) is 14.7 Å². The smallest absolute Gasteiger partial charge is 0.121 e. The molecule has 2 aromatic rings. The van der Waals surface area contributed by atoms with Crippen LogP contribution in [0.25, 0.3) is 0 Å². The van der Waals surface area contributed by atoms with Crippen molar-refractivity contribution in [2.75, 3.05) is 13.2 Å². The summed E-state index contributed by atoms with van der Waals surface area (Å²) in [5, 5.41) is 32.0. The molecule has 6 nitrogen and oxygen atoms in total. The highest BCUT2D eigenvalue weighted by Crippen LogP contribution is 2.19. The second kappa shape index (κ2) is 6.28. The zero-order valence-corrected chi connectivity index (χ0v) is 12.2. The Morgan fingerprint density at radius 2 is 2.18 bits per heavy atom. The van der Waals surface area contributed by atoms with Gasteiger partial charge < -0.3 is 10.2 Å². The maximum absolute atomic E-state index is 9.67. The molecule has 1 atom stereocenters. The average molecular weight is 298 g/mol. The molecule has 0 bridgehead atoms. The molecule has 1 aromatic heterocycles. The highest BCUT2D eigenvalue weighted by molar-refractivity contribution is 5.32. The topological polar surface area (TPSA) is 85.3 Å². The Kier molecular flexibility index (Phi) is 4.20. The van der Waals surface area contributed by atoms with E-state index in [9.17, 15) is 5.11 Å². The summed E-state index contributed by atoms with van der Waals surface area (Å²) < 4.78 is 1.89. The average Bonchev–Trinajstić information content (AvgIpc) is 2.97. The lowest BCUT2D eigenvalue weighted by atomic mass is 10.1. The Hall–Kier alpha value is -2.20. The van der Waals surface area contributed by atoms with Gasteiger partial charge in [-0.2, -0.15) is 10.4 Å². The first-order chi connectivity index (χ1) is 10.7.